The highest BCUT2D eigenvalue weighted by Gasteiger charge is 2.45. The van der Waals surface area contributed by atoms with Crippen molar-refractivity contribution in [1.82, 2.24) is 4.90 Å². The third kappa shape index (κ3) is 6.04. The number of esters is 1. The van der Waals surface area contributed by atoms with Crippen molar-refractivity contribution in [2.45, 2.75) is 38.5 Å². The van der Waals surface area contributed by atoms with E-state index in [0.717, 1.165) is 29.3 Å². The van der Waals surface area contributed by atoms with Gasteiger partial charge in [-0.2, -0.15) is 0 Å². The minimum Gasteiger partial charge on any atom is -0.468 e. The molecule has 0 radical (unpaired) electrons. The number of methoxy groups -OCH3 is 1. The lowest BCUT2D eigenvalue weighted by molar-refractivity contribution is -0.155. The summed E-state index contributed by atoms with van der Waals surface area (Å²) in [4.78, 5) is 42.2. The van der Waals surface area contributed by atoms with E-state index < -0.39 is 23.7 Å². The Morgan fingerprint density at radius 3 is 2.15 bits per heavy atom. The van der Waals surface area contributed by atoms with Gasteiger partial charge in [0.2, 0.25) is 5.91 Å². The van der Waals surface area contributed by atoms with Gasteiger partial charge in [-0.3, -0.25) is 14.4 Å². The summed E-state index contributed by atoms with van der Waals surface area (Å²) in [5.74, 6) is -3.38. The highest BCUT2D eigenvalue weighted by atomic mass is 79.9. The van der Waals surface area contributed by atoms with Crippen LogP contribution in [0, 0.1) is 11.8 Å². The molecule has 0 spiro atoms. The molecule has 1 aliphatic rings. The number of halogens is 2. The normalized spacial score (nSPS) is 16.5. The average molecular weight is 535 g/mol. The van der Waals surface area contributed by atoms with Gasteiger partial charge in [-0.25, -0.2) is 0 Å². The topological polar surface area (TPSA) is 63.7 Å². The molecule has 7 heteroatoms. The Labute approximate surface area is 208 Å². The fraction of sp³-hybridized carbons (Fsp3) is 0.423. The van der Waals surface area contributed by atoms with E-state index in [9.17, 15) is 14.4 Å². The number of ether oxygens (including phenoxy) is 1. The van der Waals surface area contributed by atoms with Gasteiger partial charge in [-0.05, 0) is 55.5 Å². The standard InChI is InChI=1S/C26H29BrClNO4/c1-3-21(24(30)18-7-11-19(27)12-8-18)22(17-9-13-20(28)14-10-17)23(26(32)33-2)25(31)29-15-5-4-6-16-29/h7-14,21-23H,3-6,15-16H2,1-2H3/t21-,22-,23+/m0/s1. The maximum atomic E-state index is 13.7. The van der Waals surface area contributed by atoms with E-state index in [1.807, 2.05) is 19.1 Å². The number of amides is 1. The molecule has 1 heterocycles. The van der Waals surface area contributed by atoms with E-state index >= 15 is 0 Å². The van der Waals surface area contributed by atoms with Gasteiger partial charge < -0.3 is 9.64 Å². The second-order valence-electron chi connectivity index (χ2n) is 8.35. The van der Waals surface area contributed by atoms with E-state index in [1.165, 1.54) is 7.11 Å². The number of ketones is 1. The third-order valence-corrected chi connectivity index (χ3v) is 7.12. The molecule has 1 amide bonds. The summed E-state index contributed by atoms with van der Waals surface area (Å²) in [7, 11) is 1.29. The summed E-state index contributed by atoms with van der Waals surface area (Å²) in [5.41, 5.74) is 1.26. The van der Waals surface area contributed by atoms with E-state index in [-0.39, 0.29) is 11.7 Å². The lowest BCUT2D eigenvalue weighted by Gasteiger charge is -2.35. The predicted octanol–water partition coefficient (Wildman–Crippen LogP) is 5.90. The Kier molecular flexibility index (Phi) is 9.10. The number of piperidine rings is 1. The zero-order valence-corrected chi connectivity index (χ0v) is 21.3. The highest BCUT2D eigenvalue weighted by Crippen LogP contribution is 2.39. The Bertz CT molecular complexity index is 971. The zero-order valence-electron chi connectivity index (χ0n) is 18.9. The molecule has 176 valence electrons. The molecule has 2 aromatic rings. The summed E-state index contributed by atoms with van der Waals surface area (Å²) in [6, 6.07) is 14.2. The van der Waals surface area contributed by atoms with Crippen LogP contribution in [0.2, 0.25) is 5.02 Å². The third-order valence-electron chi connectivity index (χ3n) is 6.34. The van der Waals surface area contributed by atoms with Crippen LogP contribution in [0.1, 0.15) is 54.4 Å². The van der Waals surface area contributed by atoms with Gasteiger partial charge in [0.1, 0.15) is 5.92 Å². The van der Waals surface area contributed by atoms with Gasteiger partial charge in [0.25, 0.3) is 0 Å². The number of nitrogens with zero attached hydrogens (tertiary/aromatic N) is 1. The van der Waals surface area contributed by atoms with Crippen LogP contribution in [0.25, 0.3) is 0 Å². The fourth-order valence-corrected chi connectivity index (χ4v) is 5.00. The lowest BCUT2D eigenvalue weighted by Crippen LogP contribution is -2.47. The summed E-state index contributed by atoms with van der Waals surface area (Å²) in [6.45, 7) is 3.12. The van der Waals surface area contributed by atoms with Crippen LogP contribution in [0.5, 0.6) is 0 Å². The van der Waals surface area contributed by atoms with E-state index in [1.54, 1.807) is 41.3 Å². The molecule has 0 N–H and O–H groups in total. The molecule has 0 aliphatic carbocycles. The number of carbonyl (C=O) groups is 3. The second kappa shape index (κ2) is 11.8. The van der Waals surface area contributed by atoms with Crippen LogP contribution in [0.15, 0.2) is 53.0 Å². The maximum Gasteiger partial charge on any atom is 0.318 e. The van der Waals surface area contributed by atoms with Crippen molar-refractivity contribution >= 4 is 45.2 Å². The number of likely N-dealkylation sites (tertiary alicyclic amines) is 1. The van der Waals surface area contributed by atoms with Crippen LogP contribution in [0.4, 0.5) is 0 Å². The van der Waals surface area contributed by atoms with Crippen molar-refractivity contribution in [3.8, 4) is 0 Å². The Balaban J connectivity index is 2.09. The van der Waals surface area contributed by atoms with E-state index in [4.69, 9.17) is 16.3 Å². The average Bonchev–Trinajstić information content (AvgIpc) is 2.84. The first-order valence-corrected chi connectivity index (χ1v) is 12.5. The molecule has 3 atom stereocenters. The summed E-state index contributed by atoms with van der Waals surface area (Å²) in [5, 5.41) is 0.543. The summed E-state index contributed by atoms with van der Waals surface area (Å²) in [6.07, 6.45) is 3.33. The molecule has 2 aromatic carbocycles. The van der Waals surface area contributed by atoms with Gasteiger partial charge >= 0.3 is 5.97 Å². The molecule has 1 aliphatic heterocycles. The van der Waals surface area contributed by atoms with Crippen molar-refractivity contribution in [3.05, 3.63) is 69.2 Å². The highest BCUT2D eigenvalue weighted by molar-refractivity contribution is 9.10. The van der Waals surface area contributed by atoms with Crippen molar-refractivity contribution < 1.29 is 19.1 Å². The van der Waals surface area contributed by atoms with Crippen LogP contribution in [-0.4, -0.2) is 42.8 Å². The molecule has 0 saturated carbocycles. The number of benzene rings is 2. The first-order chi connectivity index (χ1) is 15.9. The largest absolute Gasteiger partial charge is 0.468 e. The van der Waals surface area contributed by atoms with Crippen LogP contribution < -0.4 is 0 Å². The van der Waals surface area contributed by atoms with E-state index in [0.29, 0.717) is 30.1 Å². The molecule has 5 nitrogen and oxygen atoms in total. The van der Waals surface area contributed by atoms with Gasteiger partial charge in [0.15, 0.2) is 5.78 Å². The molecule has 0 bridgehead atoms. The predicted molar refractivity (Wildman–Crippen MR) is 132 cm³/mol. The molecule has 1 fully saturated rings. The molecule has 3 rings (SSSR count). The number of hydrogen-bond acceptors (Lipinski definition) is 4. The first-order valence-electron chi connectivity index (χ1n) is 11.3. The molecule has 33 heavy (non-hydrogen) atoms. The molecular weight excluding hydrogens is 506 g/mol. The van der Waals surface area contributed by atoms with Gasteiger partial charge in [0.05, 0.1) is 7.11 Å². The Morgan fingerprint density at radius 2 is 1.61 bits per heavy atom. The first kappa shape index (κ1) is 25.4. The minimum atomic E-state index is -1.11. The smallest absolute Gasteiger partial charge is 0.318 e. The fourth-order valence-electron chi connectivity index (χ4n) is 4.61. The van der Waals surface area contributed by atoms with Gasteiger partial charge in [-0.1, -0.05) is 58.7 Å². The zero-order chi connectivity index (χ0) is 24.0. The number of hydrogen-bond donors (Lipinski definition) is 0. The Morgan fingerprint density at radius 1 is 1.00 bits per heavy atom. The number of carbonyl (C=O) groups excluding carboxylic acids is 3. The summed E-state index contributed by atoms with van der Waals surface area (Å²) >= 11 is 9.52. The van der Waals surface area contributed by atoms with Crippen LogP contribution >= 0.6 is 27.5 Å². The number of Topliss-reactive ketones (excluding diaryl/α,β-unsaturated/α-hetero) is 1. The Hall–Kier alpha value is -2.18. The van der Waals surface area contributed by atoms with Crippen molar-refractivity contribution in [1.29, 1.82) is 0 Å². The summed E-state index contributed by atoms with van der Waals surface area (Å²) < 4.78 is 5.99. The lowest BCUT2D eigenvalue weighted by atomic mass is 9.72. The SMILES string of the molecule is CC[C@H](C(=O)c1ccc(Br)cc1)[C@H](c1ccc(Cl)cc1)[C@@H](C(=O)OC)C(=O)N1CCCCC1. The monoisotopic (exact) mass is 533 g/mol. The molecule has 1 saturated heterocycles. The van der Waals surface area contributed by atoms with Crippen LogP contribution in [-0.2, 0) is 14.3 Å². The minimum absolute atomic E-state index is 0.106. The van der Waals surface area contributed by atoms with Gasteiger partial charge in [0, 0.05) is 40.0 Å². The molecular formula is C26H29BrClNO4. The van der Waals surface area contributed by atoms with E-state index in [2.05, 4.69) is 15.9 Å². The second-order valence-corrected chi connectivity index (χ2v) is 9.70. The quantitative estimate of drug-likeness (QED) is 0.240. The molecule has 0 aromatic heterocycles. The van der Waals surface area contributed by atoms with Crippen molar-refractivity contribution in [2.24, 2.45) is 11.8 Å². The van der Waals surface area contributed by atoms with Crippen LogP contribution in [0.3, 0.4) is 0 Å². The van der Waals surface area contributed by atoms with Gasteiger partial charge in [-0.15, -0.1) is 0 Å². The van der Waals surface area contributed by atoms with Crippen molar-refractivity contribution in [3.63, 3.8) is 0 Å². The van der Waals surface area contributed by atoms with Crippen molar-refractivity contribution in [2.75, 3.05) is 20.2 Å². The maximum absolute atomic E-state index is 13.7. The number of rotatable bonds is 8. The molecule has 0 unspecified atom stereocenters.